The standard InChI is InChI=1S/C13H10FN3O4/c14-9-3-5-10(6-4-9)16(13(18)19)8-11-12(17(20)21)2-1-7-15-11/h1-7H,8H2,(H,18,19). The fraction of sp³-hybridized carbons (Fsp3) is 0.0769. The van der Waals surface area contributed by atoms with E-state index in [2.05, 4.69) is 4.98 Å². The number of carboxylic acid groups (broad SMARTS) is 1. The molecule has 0 bridgehead atoms. The van der Waals surface area contributed by atoms with Crippen LogP contribution in [0.2, 0.25) is 0 Å². The molecule has 0 unspecified atom stereocenters. The molecule has 1 heterocycles. The van der Waals surface area contributed by atoms with Gasteiger partial charge in [0.25, 0.3) is 5.69 Å². The van der Waals surface area contributed by atoms with Crippen molar-refractivity contribution in [2.75, 3.05) is 4.90 Å². The van der Waals surface area contributed by atoms with E-state index in [1.54, 1.807) is 0 Å². The zero-order valence-electron chi connectivity index (χ0n) is 10.6. The summed E-state index contributed by atoms with van der Waals surface area (Å²) in [6, 6.07) is 7.41. The molecule has 0 aliphatic carbocycles. The minimum atomic E-state index is -1.32. The van der Waals surface area contributed by atoms with Gasteiger partial charge in [-0.3, -0.25) is 20.0 Å². The van der Waals surface area contributed by atoms with Gasteiger partial charge in [-0.2, -0.15) is 0 Å². The van der Waals surface area contributed by atoms with Gasteiger partial charge in [-0.15, -0.1) is 0 Å². The van der Waals surface area contributed by atoms with Crippen molar-refractivity contribution in [3.05, 3.63) is 64.2 Å². The van der Waals surface area contributed by atoms with Crippen LogP contribution in [0.3, 0.4) is 0 Å². The molecule has 2 aromatic rings. The summed E-state index contributed by atoms with van der Waals surface area (Å²) in [6.45, 7) is -0.307. The topological polar surface area (TPSA) is 96.6 Å². The third kappa shape index (κ3) is 3.30. The lowest BCUT2D eigenvalue weighted by atomic mass is 10.2. The molecular weight excluding hydrogens is 281 g/mol. The Labute approximate surface area is 118 Å². The molecule has 1 aromatic heterocycles. The van der Waals surface area contributed by atoms with E-state index in [1.165, 1.54) is 30.5 Å². The van der Waals surface area contributed by atoms with Crippen molar-refractivity contribution in [2.45, 2.75) is 6.54 Å². The molecule has 0 spiro atoms. The van der Waals surface area contributed by atoms with E-state index < -0.39 is 16.8 Å². The molecule has 1 amide bonds. The highest BCUT2D eigenvalue weighted by Crippen LogP contribution is 2.22. The molecule has 1 aromatic carbocycles. The van der Waals surface area contributed by atoms with Crippen molar-refractivity contribution in [2.24, 2.45) is 0 Å². The molecule has 0 aliphatic rings. The summed E-state index contributed by atoms with van der Waals surface area (Å²) in [5.41, 5.74) is -0.0658. The van der Waals surface area contributed by atoms with Crippen molar-refractivity contribution >= 4 is 17.5 Å². The maximum absolute atomic E-state index is 12.9. The van der Waals surface area contributed by atoms with Gasteiger partial charge in [-0.1, -0.05) is 0 Å². The zero-order valence-corrected chi connectivity index (χ0v) is 10.6. The Morgan fingerprint density at radius 1 is 1.33 bits per heavy atom. The quantitative estimate of drug-likeness (QED) is 0.690. The summed E-state index contributed by atoms with van der Waals surface area (Å²) in [7, 11) is 0. The fourth-order valence-corrected chi connectivity index (χ4v) is 1.76. The van der Waals surface area contributed by atoms with Crippen LogP contribution >= 0.6 is 0 Å². The molecule has 0 saturated carbocycles. The van der Waals surface area contributed by atoms with Crippen LogP contribution in [0, 0.1) is 15.9 Å². The van der Waals surface area contributed by atoms with Crippen LogP contribution in [0.5, 0.6) is 0 Å². The summed E-state index contributed by atoms with van der Waals surface area (Å²) in [5, 5.41) is 20.1. The van der Waals surface area contributed by atoms with Crippen molar-refractivity contribution in [1.82, 2.24) is 4.98 Å². The lowest BCUT2D eigenvalue weighted by molar-refractivity contribution is -0.385. The van der Waals surface area contributed by atoms with Crippen LogP contribution in [0.1, 0.15) is 5.69 Å². The third-order valence-electron chi connectivity index (χ3n) is 2.74. The number of pyridine rings is 1. The molecule has 0 fully saturated rings. The number of rotatable bonds is 4. The van der Waals surface area contributed by atoms with Crippen molar-refractivity contribution in [3.8, 4) is 0 Å². The first kappa shape index (κ1) is 14.4. The molecule has 7 nitrogen and oxygen atoms in total. The second kappa shape index (κ2) is 5.95. The number of carbonyl (C=O) groups is 1. The van der Waals surface area contributed by atoms with E-state index in [4.69, 9.17) is 0 Å². The Bertz CT molecular complexity index is 675. The summed E-state index contributed by atoms with van der Waals surface area (Å²) < 4.78 is 12.9. The van der Waals surface area contributed by atoms with Gasteiger partial charge in [0.05, 0.1) is 11.5 Å². The van der Waals surface area contributed by atoms with Crippen molar-refractivity contribution in [1.29, 1.82) is 0 Å². The number of halogens is 1. The Morgan fingerprint density at radius 2 is 2.00 bits per heavy atom. The van der Waals surface area contributed by atoms with E-state index >= 15 is 0 Å². The first-order valence-corrected chi connectivity index (χ1v) is 5.83. The minimum absolute atomic E-state index is 0.00854. The highest BCUT2D eigenvalue weighted by atomic mass is 19.1. The van der Waals surface area contributed by atoms with Gasteiger partial charge in [-0.05, 0) is 30.3 Å². The smallest absolute Gasteiger partial charge is 0.412 e. The van der Waals surface area contributed by atoms with E-state index in [0.717, 1.165) is 17.0 Å². The molecule has 108 valence electrons. The molecule has 0 atom stereocenters. The molecule has 1 N–H and O–H groups in total. The van der Waals surface area contributed by atoms with Crippen LogP contribution in [-0.2, 0) is 6.54 Å². The Morgan fingerprint density at radius 3 is 2.57 bits per heavy atom. The predicted octanol–water partition coefficient (Wildman–Crippen LogP) is 2.81. The Hall–Kier alpha value is -3.03. The van der Waals surface area contributed by atoms with Crippen LogP contribution in [0.25, 0.3) is 0 Å². The van der Waals surface area contributed by atoms with Crippen LogP contribution in [0.15, 0.2) is 42.6 Å². The molecular formula is C13H10FN3O4. The van der Waals surface area contributed by atoms with Crippen molar-refractivity contribution < 1.29 is 19.2 Å². The minimum Gasteiger partial charge on any atom is -0.465 e. The average molecular weight is 291 g/mol. The number of aromatic nitrogens is 1. The predicted molar refractivity (Wildman–Crippen MR) is 71.5 cm³/mol. The molecule has 0 aliphatic heterocycles. The SMILES string of the molecule is O=C(O)N(Cc1ncccc1[N+](=O)[O-])c1ccc(F)cc1. The third-order valence-corrected chi connectivity index (χ3v) is 2.74. The number of amides is 1. The van der Waals surface area contributed by atoms with Crippen LogP contribution in [-0.4, -0.2) is 21.1 Å². The fourth-order valence-electron chi connectivity index (χ4n) is 1.76. The van der Waals surface area contributed by atoms with E-state index in [9.17, 15) is 24.4 Å². The summed E-state index contributed by atoms with van der Waals surface area (Å²) in [5.74, 6) is -0.507. The van der Waals surface area contributed by atoms with E-state index in [1.807, 2.05) is 0 Å². The molecule has 21 heavy (non-hydrogen) atoms. The van der Waals surface area contributed by atoms with E-state index in [0.29, 0.717) is 0 Å². The number of nitrogens with zero attached hydrogens (tertiary/aromatic N) is 3. The van der Waals surface area contributed by atoms with Crippen LogP contribution < -0.4 is 4.90 Å². The average Bonchev–Trinajstić information content (AvgIpc) is 2.46. The molecule has 2 rings (SSSR count). The molecule has 0 radical (unpaired) electrons. The van der Waals surface area contributed by atoms with Gasteiger partial charge >= 0.3 is 6.09 Å². The second-order valence-corrected chi connectivity index (χ2v) is 4.07. The second-order valence-electron chi connectivity index (χ2n) is 4.07. The Kier molecular flexibility index (Phi) is 4.07. The first-order chi connectivity index (χ1) is 9.99. The van der Waals surface area contributed by atoms with Crippen molar-refractivity contribution in [3.63, 3.8) is 0 Å². The summed E-state index contributed by atoms with van der Waals surface area (Å²) >= 11 is 0. The number of anilines is 1. The number of hydrogen-bond acceptors (Lipinski definition) is 4. The zero-order chi connectivity index (χ0) is 15.4. The van der Waals surface area contributed by atoms with Gasteiger partial charge in [0.1, 0.15) is 11.5 Å². The normalized spacial score (nSPS) is 10.1. The maximum atomic E-state index is 12.9. The largest absolute Gasteiger partial charge is 0.465 e. The lowest BCUT2D eigenvalue weighted by Crippen LogP contribution is -2.29. The van der Waals surface area contributed by atoms with Crippen LogP contribution in [0.4, 0.5) is 20.6 Å². The molecule has 8 heteroatoms. The number of hydrogen-bond donors (Lipinski definition) is 1. The van der Waals surface area contributed by atoms with Gasteiger partial charge in [0, 0.05) is 18.0 Å². The number of benzene rings is 1. The van der Waals surface area contributed by atoms with Gasteiger partial charge in [0.15, 0.2) is 0 Å². The first-order valence-electron chi connectivity index (χ1n) is 5.83. The van der Waals surface area contributed by atoms with E-state index in [-0.39, 0.29) is 23.6 Å². The maximum Gasteiger partial charge on any atom is 0.412 e. The highest BCUT2D eigenvalue weighted by Gasteiger charge is 2.21. The monoisotopic (exact) mass is 291 g/mol. The Balaban J connectivity index is 2.35. The highest BCUT2D eigenvalue weighted by molar-refractivity contribution is 5.85. The molecule has 0 saturated heterocycles. The van der Waals surface area contributed by atoms with Gasteiger partial charge in [-0.25, -0.2) is 9.18 Å². The number of nitro groups is 1. The summed E-state index contributed by atoms with van der Waals surface area (Å²) in [4.78, 5) is 26.3. The van der Waals surface area contributed by atoms with Gasteiger partial charge < -0.3 is 5.11 Å². The van der Waals surface area contributed by atoms with Gasteiger partial charge in [0.2, 0.25) is 0 Å². The lowest BCUT2D eigenvalue weighted by Gasteiger charge is -2.18. The summed E-state index contributed by atoms with van der Waals surface area (Å²) in [6.07, 6.45) is 0.0223.